The highest BCUT2D eigenvalue weighted by atomic mass is 32.2. The molecule has 114 valence electrons. The molecular weight excluding hydrogens is 294 g/mol. The van der Waals surface area contributed by atoms with Crippen molar-refractivity contribution < 1.29 is 13.3 Å². The maximum Gasteiger partial charge on any atom is 0.289 e. The van der Waals surface area contributed by atoms with Crippen LogP contribution >= 0.6 is 0 Å². The van der Waals surface area contributed by atoms with Gasteiger partial charge in [-0.2, -0.15) is 4.31 Å². The summed E-state index contributed by atoms with van der Waals surface area (Å²) in [6.07, 6.45) is 1.71. The maximum atomic E-state index is 12.7. The minimum Gasteiger partial charge on any atom is -0.314 e. The molecule has 7 nitrogen and oxygen atoms in total. The molecule has 2 unspecified atom stereocenters. The Bertz CT molecular complexity index is 661. The number of rotatable bonds is 3. The van der Waals surface area contributed by atoms with Crippen molar-refractivity contribution in [2.45, 2.75) is 23.8 Å². The molecule has 0 aliphatic carbocycles. The predicted molar refractivity (Wildman–Crippen MR) is 76.4 cm³/mol. The lowest BCUT2D eigenvalue weighted by molar-refractivity contribution is -0.387. The van der Waals surface area contributed by atoms with Crippen molar-refractivity contribution in [1.29, 1.82) is 0 Å². The van der Waals surface area contributed by atoms with Crippen LogP contribution in [-0.4, -0.2) is 43.3 Å². The molecule has 2 fully saturated rings. The van der Waals surface area contributed by atoms with E-state index in [1.54, 1.807) is 0 Å². The Kier molecular flexibility index (Phi) is 3.68. The highest BCUT2D eigenvalue weighted by molar-refractivity contribution is 7.89. The first kappa shape index (κ1) is 14.4. The largest absolute Gasteiger partial charge is 0.314 e. The van der Waals surface area contributed by atoms with Gasteiger partial charge < -0.3 is 5.32 Å². The number of hydrogen-bond acceptors (Lipinski definition) is 5. The molecule has 1 aromatic carbocycles. The van der Waals surface area contributed by atoms with E-state index in [1.165, 1.54) is 28.6 Å². The Morgan fingerprint density at radius 3 is 2.81 bits per heavy atom. The van der Waals surface area contributed by atoms with Gasteiger partial charge in [0.2, 0.25) is 10.0 Å². The van der Waals surface area contributed by atoms with E-state index in [1.807, 2.05) is 0 Å². The summed E-state index contributed by atoms with van der Waals surface area (Å²) >= 11 is 0. The van der Waals surface area contributed by atoms with Gasteiger partial charge in [-0.3, -0.25) is 10.1 Å². The zero-order valence-corrected chi connectivity index (χ0v) is 12.3. The summed E-state index contributed by atoms with van der Waals surface area (Å²) in [5, 5.41) is 14.4. The molecule has 2 aliphatic heterocycles. The van der Waals surface area contributed by atoms with Crippen LogP contribution in [0.2, 0.25) is 0 Å². The number of nitrogens with one attached hydrogen (secondary N) is 1. The third kappa shape index (κ3) is 2.54. The number of sulfonamides is 1. The van der Waals surface area contributed by atoms with E-state index in [2.05, 4.69) is 5.32 Å². The molecule has 0 saturated carbocycles. The number of nitro benzene ring substituents is 1. The van der Waals surface area contributed by atoms with Crippen LogP contribution in [-0.2, 0) is 10.0 Å². The maximum absolute atomic E-state index is 12.7. The topological polar surface area (TPSA) is 92.5 Å². The van der Waals surface area contributed by atoms with E-state index >= 15 is 0 Å². The predicted octanol–water partition coefficient (Wildman–Crippen LogP) is 0.967. The van der Waals surface area contributed by atoms with Gasteiger partial charge in [-0.05, 0) is 31.4 Å². The first-order chi connectivity index (χ1) is 10.00. The van der Waals surface area contributed by atoms with Gasteiger partial charge in [0.15, 0.2) is 4.90 Å². The summed E-state index contributed by atoms with van der Waals surface area (Å²) in [6, 6.07) is 5.92. The molecule has 0 radical (unpaired) electrons. The third-order valence-electron chi connectivity index (χ3n) is 4.30. The molecule has 21 heavy (non-hydrogen) atoms. The Balaban J connectivity index is 1.92. The second-order valence-electron chi connectivity index (χ2n) is 5.49. The van der Waals surface area contributed by atoms with Crippen molar-refractivity contribution >= 4 is 15.7 Å². The number of fused-ring (bicyclic) bond motifs is 1. The van der Waals surface area contributed by atoms with Gasteiger partial charge in [-0.25, -0.2) is 8.42 Å². The Morgan fingerprint density at radius 1 is 1.29 bits per heavy atom. The Hall–Kier alpha value is -1.51. The zero-order valence-electron chi connectivity index (χ0n) is 11.4. The normalized spacial score (nSPS) is 26.5. The second kappa shape index (κ2) is 5.36. The SMILES string of the molecule is O=[N+]([O-])c1ccccc1S(=O)(=O)N1CCC2NCCC2C1. The summed E-state index contributed by atoms with van der Waals surface area (Å²) in [5.41, 5.74) is -0.357. The summed E-state index contributed by atoms with van der Waals surface area (Å²) in [6.45, 7) is 1.75. The summed E-state index contributed by atoms with van der Waals surface area (Å²) in [7, 11) is -3.81. The van der Waals surface area contributed by atoms with Crippen LogP contribution in [0.5, 0.6) is 0 Å². The van der Waals surface area contributed by atoms with Crippen LogP contribution in [0.4, 0.5) is 5.69 Å². The zero-order chi connectivity index (χ0) is 15.0. The van der Waals surface area contributed by atoms with E-state index in [-0.39, 0.29) is 10.6 Å². The molecule has 8 heteroatoms. The lowest BCUT2D eigenvalue weighted by Crippen LogP contribution is -2.46. The molecule has 0 bridgehead atoms. The van der Waals surface area contributed by atoms with Gasteiger partial charge in [-0.1, -0.05) is 12.1 Å². The lowest BCUT2D eigenvalue weighted by atomic mass is 9.95. The first-order valence-corrected chi connectivity index (χ1v) is 8.41. The Labute approximate surface area is 123 Å². The first-order valence-electron chi connectivity index (χ1n) is 6.97. The fourth-order valence-electron chi connectivity index (χ4n) is 3.20. The number of hydrogen-bond donors (Lipinski definition) is 1. The number of benzene rings is 1. The van der Waals surface area contributed by atoms with E-state index in [0.29, 0.717) is 25.0 Å². The van der Waals surface area contributed by atoms with Crippen molar-refractivity contribution in [3.05, 3.63) is 34.4 Å². The van der Waals surface area contributed by atoms with E-state index in [9.17, 15) is 18.5 Å². The summed E-state index contributed by atoms with van der Waals surface area (Å²) in [5.74, 6) is 0.302. The molecule has 2 aliphatic rings. The van der Waals surface area contributed by atoms with E-state index in [0.717, 1.165) is 19.4 Å². The van der Waals surface area contributed by atoms with Crippen LogP contribution in [0.3, 0.4) is 0 Å². The molecule has 1 aromatic rings. The molecule has 3 rings (SSSR count). The summed E-state index contributed by atoms with van der Waals surface area (Å²) in [4.78, 5) is 10.2. The van der Waals surface area contributed by atoms with Gasteiger partial charge in [0, 0.05) is 25.2 Å². The number of piperidine rings is 1. The van der Waals surface area contributed by atoms with Crippen LogP contribution in [0, 0.1) is 16.0 Å². The van der Waals surface area contributed by atoms with Crippen molar-refractivity contribution in [2.75, 3.05) is 19.6 Å². The molecule has 2 heterocycles. The second-order valence-corrected chi connectivity index (χ2v) is 7.39. The minimum absolute atomic E-state index is 0.209. The number of nitro groups is 1. The van der Waals surface area contributed by atoms with E-state index < -0.39 is 14.9 Å². The van der Waals surface area contributed by atoms with Crippen molar-refractivity contribution in [3.8, 4) is 0 Å². The van der Waals surface area contributed by atoms with Crippen LogP contribution in [0.1, 0.15) is 12.8 Å². The summed E-state index contributed by atoms with van der Waals surface area (Å²) < 4.78 is 26.8. The van der Waals surface area contributed by atoms with Gasteiger partial charge in [-0.15, -0.1) is 0 Å². The van der Waals surface area contributed by atoms with Gasteiger partial charge >= 0.3 is 0 Å². The lowest BCUT2D eigenvalue weighted by Gasteiger charge is -2.33. The van der Waals surface area contributed by atoms with Gasteiger partial charge in [0.1, 0.15) is 0 Å². The van der Waals surface area contributed by atoms with E-state index in [4.69, 9.17) is 0 Å². The highest BCUT2D eigenvalue weighted by Crippen LogP contribution is 2.31. The standard InChI is InChI=1S/C13H17N3O4S/c17-16(18)12-3-1-2-4-13(12)21(19,20)15-8-6-11-10(9-15)5-7-14-11/h1-4,10-11,14H,5-9H2. The average molecular weight is 311 g/mol. The minimum atomic E-state index is -3.81. The molecule has 0 amide bonds. The highest BCUT2D eigenvalue weighted by Gasteiger charge is 2.39. The fourth-order valence-corrected chi connectivity index (χ4v) is 4.87. The fraction of sp³-hybridized carbons (Fsp3) is 0.538. The smallest absolute Gasteiger partial charge is 0.289 e. The van der Waals surface area contributed by atoms with Crippen molar-refractivity contribution in [1.82, 2.24) is 9.62 Å². The third-order valence-corrected chi connectivity index (χ3v) is 6.21. The molecule has 0 spiro atoms. The molecular formula is C13H17N3O4S. The number of nitrogens with zero attached hydrogens (tertiary/aromatic N) is 2. The van der Waals surface area contributed by atoms with Crippen molar-refractivity contribution in [3.63, 3.8) is 0 Å². The molecule has 0 aromatic heterocycles. The number of para-hydroxylation sites is 1. The van der Waals surface area contributed by atoms with Gasteiger partial charge in [0.05, 0.1) is 4.92 Å². The van der Waals surface area contributed by atoms with Crippen molar-refractivity contribution in [2.24, 2.45) is 5.92 Å². The average Bonchev–Trinajstić information content (AvgIpc) is 2.94. The molecule has 2 saturated heterocycles. The van der Waals surface area contributed by atoms with Gasteiger partial charge in [0.25, 0.3) is 5.69 Å². The molecule has 1 N–H and O–H groups in total. The van der Waals surface area contributed by atoms with Crippen LogP contribution < -0.4 is 5.32 Å². The Morgan fingerprint density at radius 2 is 2.05 bits per heavy atom. The van der Waals surface area contributed by atoms with Crippen LogP contribution in [0.15, 0.2) is 29.2 Å². The quantitative estimate of drug-likeness (QED) is 0.663. The monoisotopic (exact) mass is 311 g/mol. The van der Waals surface area contributed by atoms with Crippen LogP contribution in [0.25, 0.3) is 0 Å². The molecule has 2 atom stereocenters.